The molecule has 26 heavy (non-hydrogen) atoms. The molecule has 1 atom stereocenters. The maximum absolute atomic E-state index is 6.58. The molecular weight excluding hydrogens is 322 g/mol. The molecular formula is C21H21N5. The fourth-order valence-electron chi connectivity index (χ4n) is 3.39. The Hall–Kier alpha value is -3.05. The van der Waals surface area contributed by atoms with E-state index in [1.807, 2.05) is 61.2 Å². The van der Waals surface area contributed by atoms with E-state index in [9.17, 15) is 0 Å². The summed E-state index contributed by atoms with van der Waals surface area (Å²) in [7, 11) is 1.94. The number of nitrogens with two attached hydrogens (primary N) is 1. The number of benzene rings is 1. The Morgan fingerprint density at radius 3 is 2.77 bits per heavy atom. The van der Waals surface area contributed by atoms with E-state index in [-0.39, 0.29) is 6.04 Å². The molecule has 0 aliphatic rings. The SMILES string of the molecule is Cc1cccc(C[C@H](N)c2ccccc2-c2nn(C)c3cnccc23)n1. The van der Waals surface area contributed by atoms with Crippen LogP contribution < -0.4 is 5.73 Å². The molecule has 1 aromatic carbocycles. The van der Waals surface area contributed by atoms with Crippen LogP contribution in [0.2, 0.25) is 0 Å². The Kier molecular flexibility index (Phi) is 4.22. The van der Waals surface area contributed by atoms with Gasteiger partial charge in [0.2, 0.25) is 0 Å². The van der Waals surface area contributed by atoms with Crippen LogP contribution in [0.5, 0.6) is 0 Å². The van der Waals surface area contributed by atoms with Gasteiger partial charge in [0.1, 0.15) is 5.69 Å². The summed E-state index contributed by atoms with van der Waals surface area (Å²) in [5, 5.41) is 5.81. The molecule has 3 heterocycles. The van der Waals surface area contributed by atoms with Crippen molar-refractivity contribution in [3.63, 3.8) is 0 Å². The lowest BCUT2D eigenvalue weighted by Gasteiger charge is -2.16. The van der Waals surface area contributed by atoms with Gasteiger partial charge in [-0.25, -0.2) is 0 Å². The third kappa shape index (κ3) is 2.97. The maximum Gasteiger partial charge on any atom is 0.101 e. The molecule has 5 heteroatoms. The fourth-order valence-corrected chi connectivity index (χ4v) is 3.39. The van der Waals surface area contributed by atoms with Crippen LogP contribution in [0.4, 0.5) is 0 Å². The van der Waals surface area contributed by atoms with Crippen molar-refractivity contribution in [2.45, 2.75) is 19.4 Å². The largest absolute Gasteiger partial charge is 0.324 e. The minimum atomic E-state index is -0.153. The summed E-state index contributed by atoms with van der Waals surface area (Å²) < 4.78 is 1.86. The molecule has 4 rings (SSSR count). The molecule has 130 valence electrons. The second kappa shape index (κ2) is 6.69. The van der Waals surface area contributed by atoms with Crippen molar-refractivity contribution in [2.75, 3.05) is 0 Å². The normalized spacial score (nSPS) is 12.4. The zero-order valence-corrected chi connectivity index (χ0v) is 14.9. The van der Waals surface area contributed by atoms with Crippen LogP contribution in [0, 0.1) is 6.92 Å². The quantitative estimate of drug-likeness (QED) is 0.615. The van der Waals surface area contributed by atoms with E-state index in [0.717, 1.165) is 39.1 Å². The smallest absolute Gasteiger partial charge is 0.101 e. The number of fused-ring (bicyclic) bond motifs is 1. The third-order valence-electron chi connectivity index (χ3n) is 4.64. The van der Waals surface area contributed by atoms with Gasteiger partial charge in [-0.15, -0.1) is 0 Å². The molecule has 0 amide bonds. The van der Waals surface area contributed by atoms with Crippen LogP contribution in [-0.4, -0.2) is 19.7 Å². The number of hydrogen-bond acceptors (Lipinski definition) is 4. The van der Waals surface area contributed by atoms with Gasteiger partial charge < -0.3 is 5.73 Å². The van der Waals surface area contributed by atoms with Gasteiger partial charge in [0.25, 0.3) is 0 Å². The highest BCUT2D eigenvalue weighted by Crippen LogP contribution is 2.32. The topological polar surface area (TPSA) is 69.6 Å². The highest BCUT2D eigenvalue weighted by molar-refractivity contribution is 5.93. The van der Waals surface area contributed by atoms with Crippen molar-refractivity contribution >= 4 is 10.9 Å². The molecule has 4 aromatic rings. The van der Waals surface area contributed by atoms with E-state index in [1.165, 1.54) is 0 Å². The van der Waals surface area contributed by atoms with Crippen LogP contribution >= 0.6 is 0 Å². The first kappa shape index (κ1) is 16.4. The van der Waals surface area contributed by atoms with Crippen molar-refractivity contribution in [3.05, 3.63) is 77.9 Å². The van der Waals surface area contributed by atoms with Crippen molar-refractivity contribution < 1.29 is 0 Å². The van der Waals surface area contributed by atoms with Crippen molar-refractivity contribution in [3.8, 4) is 11.3 Å². The minimum Gasteiger partial charge on any atom is -0.324 e. The fraction of sp³-hybridized carbons (Fsp3) is 0.190. The first-order valence-corrected chi connectivity index (χ1v) is 8.67. The number of aromatic nitrogens is 4. The van der Waals surface area contributed by atoms with E-state index in [2.05, 4.69) is 22.1 Å². The number of nitrogens with zero attached hydrogens (tertiary/aromatic N) is 4. The summed E-state index contributed by atoms with van der Waals surface area (Å²) in [4.78, 5) is 8.80. The van der Waals surface area contributed by atoms with Gasteiger partial charge in [-0.05, 0) is 30.7 Å². The van der Waals surface area contributed by atoms with Gasteiger partial charge in [-0.1, -0.05) is 30.3 Å². The molecule has 0 unspecified atom stereocenters. The van der Waals surface area contributed by atoms with Gasteiger partial charge in [0, 0.05) is 48.0 Å². The van der Waals surface area contributed by atoms with Crippen molar-refractivity contribution in [2.24, 2.45) is 12.8 Å². The van der Waals surface area contributed by atoms with Gasteiger partial charge >= 0.3 is 0 Å². The Bertz CT molecular complexity index is 1070. The van der Waals surface area contributed by atoms with Gasteiger partial charge in [0.15, 0.2) is 0 Å². The highest BCUT2D eigenvalue weighted by atomic mass is 15.3. The zero-order chi connectivity index (χ0) is 18.1. The second-order valence-electron chi connectivity index (χ2n) is 6.53. The Morgan fingerprint density at radius 1 is 1.08 bits per heavy atom. The summed E-state index contributed by atoms with van der Waals surface area (Å²) >= 11 is 0. The Labute approximate surface area is 152 Å². The van der Waals surface area contributed by atoms with E-state index < -0.39 is 0 Å². The van der Waals surface area contributed by atoms with E-state index in [4.69, 9.17) is 10.8 Å². The lowest BCUT2D eigenvalue weighted by molar-refractivity contribution is 0.705. The van der Waals surface area contributed by atoms with E-state index in [1.54, 1.807) is 6.20 Å². The average molecular weight is 343 g/mol. The predicted molar refractivity (Wildman–Crippen MR) is 104 cm³/mol. The lowest BCUT2D eigenvalue weighted by Crippen LogP contribution is -2.15. The van der Waals surface area contributed by atoms with Crippen LogP contribution in [0.3, 0.4) is 0 Å². The molecule has 0 fully saturated rings. The standard InChI is InChI=1S/C21H21N5/c1-14-6-5-7-15(24-14)12-19(22)16-8-3-4-9-17(16)21-18-10-11-23-13-20(18)26(2)25-21/h3-11,13,19H,12,22H2,1-2H3/t19-/m0/s1. The molecule has 0 aliphatic heterocycles. The second-order valence-corrected chi connectivity index (χ2v) is 6.53. The summed E-state index contributed by atoms with van der Waals surface area (Å²) in [6.07, 6.45) is 4.32. The molecule has 0 spiro atoms. The minimum absolute atomic E-state index is 0.153. The van der Waals surface area contributed by atoms with Crippen LogP contribution in [0.25, 0.3) is 22.2 Å². The van der Waals surface area contributed by atoms with Crippen LogP contribution in [0.15, 0.2) is 60.9 Å². The van der Waals surface area contributed by atoms with Crippen LogP contribution in [-0.2, 0) is 13.5 Å². The lowest BCUT2D eigenvalue weighted by atomic mass is 9.94. The number of aryl methyl sites for hydroxylation is 2. The summed E-state index contributed by atoms with van der Waals surface area (Å²) in [6.45, 7) is 2.00. The first-order chi connectivity index (χ1) is 12.6. The van der Waals surface area contributed by atoms with Crippen LogP contribution in [0.1, 0.15) is 23.0 Å². The Morgan fingerprint density at radius 2 is 1.92 bits per heavy atom. The van der Waals surface area contributed by atoms with Crippen molar-refractivity contribution in [1.82, 2.24) is 19.7 Å². The number of pyridine rings is 2. The van der Waals surface area contributed by atoms with Gasteiger partial charge in [-0.3, -0.25) is 14.6 Å². The molecule has 5 nitrogen and oxygen atoms in total. The predicted octanol–water partition coefficient (Wildman–Crippen LogP) is 3.58. The van der Waals surface area contributed by atoms with Gasteiger partial charge in [0.05, 0.1) is 11.7 Å². The molecule has 0 aliphatic carbocycles. The summed E-state index contributed by atoms with van der Waals surface area (Å²) in [5.74, 6) is 0. The molecule has 0 bridgehead atoms. The monoisotopic (exact) mass is 343 g/mol. The molecule has 3 aromatic heterocycles. The number of rotatable bonds is 4. The molecule has 0 radical (unpaired) electrons. The molecule has 2 N–H and O–H groups in total. The van der Waals surface area contributed by atoms with E-state index >= 15 is 0 Å². The first-order valence-electron chi connectivity index (χ1n) is 8.67. The maximum atomic E-state index is 6.58. The molecule has 0 saturated heterocycles. The summed E-state index contributed by atoms with van der Waals surface area (Å²) in [6, 6.07) is 16.1. The highest BCUT2D eigenvalue weighted by Gasteiger charge is 2.18. The average Bonchev–Trinajstić information content (AvgIpc) is 2.99. The molecule has 0 saturated carbocycles. The summed E-state index contributed by atoms with van der Waals surface area (Å²) in [5.41, 5.74) is 12.7. The van der Waals surface area contributed by atoms with Gasteiger partial charge in [-0.2, -0.15) is 5.10 Å². The number of hydrogen-bond donors (Lipinski definition) is 1. The Balaban J connectivity index is 1.77. The third-order valence-corrected chi connectivity index (χ3v) is 4.64. The van der Waals surface area contributed by atoms with E-state index in [0.29, 0.717) is 6.42 Å². The zero-order valence-electron chi connectivity index (χ0n) is 14.9. The van der Waals surface area contributed by atoms with Crippen molar-refractivity contribution in [1.29, 1.82) is 0 Å².